The third-order valence-electron chi connectivity index (χ3n) is 2.87. The van der Waals surface area contributed by atoms with E-state index in [-0.39, 0.29) is 5.91 Å². The minimum absolute atomic E-state index is 0.0565. The van der Waals surface area contributed by atoms with Gasteiger partial charge in [-0.25, -0.2) is 0 Å². The molecular formula is C16H14N2O. The Hall–Kier alpha value is -2.60. The van der Waals surface area contributed by atoms with Crippen molar-refractivity contribution in [3.63, 3.8) is 0 Å². The van der Waals surface area contributed by atoms with Crippen LogP contribution in [-0.2, 0) is 11.2 Å². The van der Waals surface area contributed by atoms with Gasteiger partial charge >= 0.3 is 0 Å². The van der Waals surface area contributed by atoms with Gasteiger partial charge in [0, 0.05) is 5.69 Å². The number of rotatable bonds is 3. The van der Waals surface area contributed by atoms with Crippen molar-refractivity contribution in [1.29, 1.82) is 5.26 Å². The van der Waals surface area contributed by atoms with E-state index in [4.69, 9.17) is 5.26 Å². The lowest BCUT2D eigenvalue weighted by atomic mass is 10.1. The summed E-state index contributed by atoms with van der Waals surface area (Å²) < 4.78 is 0. The third kappa shape index (κ3) is 3.43. The first-order valence-corrected chi connectivity index (χ1v) is 6.03. The zero-order valence-corrected chi connectivity index (χ0v) is 10.7. The smallest absolute Gasteiger partial charge is 0.228 e. The Labute approximate surface area is 112 Å². The van der Waals surface area contributed by atoms with Gasteiger partial charge in [0.1, 0.15) is 0 Å². The fraction of sp³-hybridized carbons (Fsp3) is 0.125. The number of carbonyl (C=O) groups is 1. The van der Waals surface area contributed by atoms with E-state index in [1.807, 2.05) is 31.2 Å². The Kier molecular flexibility index (Phi) is 3.94. The van der Waals surface area contributed by atoms with Crippen molar-refractivity contribution in [2.45, 2.75) is 13.3 Å². The molecule has 3 heteroatoms. The van der Waals surface area contributed by atoms with Crippen molar-refractivity contribution in [3.8, 4) is 6.07 Å². The molecule has 0 atom stereocenters. The van der Waals surface area contributed by atoms with Gasteiger partial charge in [-0.1, -0.05) is 30.3 Å². The predicted molar refractivity (Wildman–Crippen MR) is 74.7 cm³/mol. The van der Waals surface area contributed by atoms with Crippen LogP contribution in [0.1, 0.15) is 16.7 Å². The zero-order valence-electron chi connectivity index (χ0n) is 10.7. The fourth-order valence-electron chi connectivity index (χ4n) is 1.79. The van der Waals surface area contributed by atoms with Crippen LogP contribution in [0.2, 0.25) is 0 Å². The maximum absolute atomic E-state index is 11.9. The SMILES string of the molecule is Cc1ccccc1NC(=O)Cc1ccc(C#N)cc1. The number of para-hydroxylation sites is 1. The number of benzene rings is 2. The zero-order chi connectivity index (χ0) is 13.7. The first-order chi connectivity index (χ1) is 9.19. The molecule has 0 saturated carbocycles. The second-order valence-corrected chi connectivity index (χ2v) is 4.35. The summed E-state index contributed by atoms with van der Waals surface area (Å²) in [6, 6.07) is 16.8. The van der Waals surface area contributed by atoms with E-state index in [1.165, 1.54) is 0 Å². The molecule has 0 aromatic heterocycles. The van der Waals surface area contributed by atoms with Crippen molar-refractivity contribution in [2.75, 3.05) is 5.32 Å². The van der Waals surface area contributed by atoms with Crippen LogP contribution in [0.4, 0.5) is 5.69 Å². The maximum Gasteiger partial charge on any atom is 0.228 e. The number of hydrogen-bond donors (Lipinski definition) is 1. The number of aryl methyl sites for hydroxylation is 1. The van der Waals surface area contributed by atoms with Gasteiger partial charge in [-0.2, -0.15) is 5.26 Å². The van der Waals surface area contributed by atoms with Crippen molar-refractivity contribution < 1.29 is 4.79 Å². The van der Waals surface area contributed by atoms with E-state index in [1.54, 1.807) is 24.3 Å². The second kappa shape index (κ2) is 5.83. The molecule has 3 nitrogen and oxygen atoms in total. The molecule has 0 spiro atoms. The van der Waals surface area contributed by atoms with E-state index in [2.05, 4.69) is 11.4 Å². The molecule has 0 aliphatic carbocycles. The molecule has 1 N–H and O–H groups in total. The number of anilines is 1. The quantitative estimate of drug-likeness (QED) is 0.910. The number of nitriles is 1. The molecule has 94 valence electrons. The first-order valence-electron chi connectivity index (χ1n) is 6.03. The molecular weight excluding hydrogens is 236 g/mol. The van der Waals surface area contributed by atoms with Crippen LogP contribution in [0.3, 0.4) is 0 Å². The van der Waals surface area contributed by atoms with Gasteiger partial charge < -0.3 is 5.32 Å². The van der Waals surface area contributed by atoms with E-state index >= 15 is 0 Å². The molecule has 1 amide bonds. The van der Waals surface area contributed by atoms with Crippen LogP contribution in [0, 0.1) is 18.3 Å². The molecule has 0 saturated heterocycles. The average molecular weight is 250 g/mol. The highest BCUT2D eigenvalue weighted by molar-refractivity contribution is 5.92. The second-order valence-electron chi connectivity index (χ2n) is 4.35. The highest BCUT2D eigenvalue weighted by Crippen LogP contribution is 2.13. The summed E-state index contributed by atoms with van der Waals surface area (Å²) in [5.41, 5.74) is 3.37. The molecule has 0 aliphatic rings. The van der Waals surface area contributed by atoms with Crippen LogP contribution >= 0.6 is 0 Å². The Bertz CT molecular complexity index is 624. The summed E-state index contributed by atoms with van der Waals surface area (Å²) in [7, 11) is 0. The normalized spacial score (nSPS) is 9.68. The number of carbonyl (C=O) groups excluding carboxylic acids is 1. The van der Waals surface area contributed by atoms with Crippen molar-refractivity contribution in [1.82, 2.24) is 0 Å². The molecule has 2 rings (SSSR count). The number of amides is 1. The Balaban J connectivity index is 2.01. The highest BCUT2D eigenvalue weighted by Gasteiger charge is 2.05. The first kappa shape index (κ1) is 12.8. The van der Waals surface area contributed by atoms with E-state index in [0.29, 0.717) is 12.0 Å². The van der Waals surface area contributed by atoms with Gasteiger partial charge in [-0.05, 0) is 36.2 Å². The van der Waals surface area contributed by atoms with Gasteiger partial charge in [0.05, 0.1) is 18.1 Å². The Morgan fingerprint density at radius 3 is 2.47 bits per heavy atom. The van der Waals surface area contributed by atoms with Gasteiger partial charge in [-0.15, -0.1) is 0 Å². The predicted octanol–water partition coefficient (Wildman–Crippen LogP) is 3.05. The lowest BCUT2D eigenvalue weighted by molar-refractivity contribution is -0.115. The molecule has 0 fully saturated rings. The standard InChI is InChI=1S/C16H14N2O/c1-12-4-2-3-5-15(12)18-16(19)10-13-6-8-14(11-17)9-7-13/h2-9H,10H2,1H3,(H,18,19). The summed E-state index contributed by atoms with van der Waals surface area (Å²) in [5, 5.41) is 11.6. The van der Waals surface area contributed by atoms with Crippen molar-refractivity contribution >= 4 is 11.6 Å². The van der Waals surface area contributed by atoms with Crippen molar-refractivity contribution in [3.05, 3.63) is 65.2 Å². The average Bonchev–Trinajstić information content (AvgIpc) is 2.42. The summed E-state index contributed by atoms with van der Waals surface area (Å²) in [4.78, 5) is 11.9. The highest BCUT2D eigenvalue weighted by atomic mass is 16.1. The maximum atomic E-state index is 11.9. The fourth-order valence-corrected chi connectivity index (χ4v) is 1.79. The molecule has 0 heterocycles. The largest absolute Gasteiger partial charge is 0.326 e. The molecule has 0 aliphatic heterocycles. The third-order valence-corrected chi connectivity index (χ3v) is 2.87. The van der Waals surface area contributed by atoms with Gasteiger partial charge in [0.2, 0.25) is 5.91 Å². The monoisotopic (exact) mass is 250 g/mol. The number of nitrogens with one attached hydrogen (secondary N) is 1. The molecule has 19 heavy (non-hydrogen) atoms. The van der Waals surface area contributed by atoms with Gasteiger partial charge in [-0.3, -0.25) is 4.79 Å². The topological polar surface area (TPSA) is 52.9 Å². The number of hydrogen-bond acceptors (Lipinski definition) is 2. The molecule has 0 radical (unpaired) electrons. The van der Waals surface area contributed by atoms with Crippen LogP contribution in [0.15, 0.2) is 48.5 Å². The summed E-state index contributed by atoms with van der Waals surface area (Å²) in [6.45, 7) is 1.96. The van der Waals surface area contributed by atoms with Gasteiger partial charge in [0.25, 0.3) is 0 Å². The molecule has 2 aromatic carbocycles. The van der Waals surface area contributed by atoms with Crippen LogP contribution in [-0.4, -0.2) is 5.91 Å². The minimum atomic E-state index is -0.0565. The van der Waals surface area contributed by atoms with Crippen LogP contribution in [0.5, 0.6) is 0 Å². The van der Waals surface area contributed by atoms with Crippen LogP contribution < -0.4 is 5.32 Å². The van der Waals surface area contributed by atoms with Gasteiger partial charge in [0.15, 0.2) is 0 Å². The van der Waals surface area contributed by atoms with E-state index < -0.39 is 0 Å². The lowest BCUT2D eigenvalue weighted by Crippen LogP contribution is -2.15. The molecule has 2 aromatic rings. The van der Waals surface area contributed by atoms with Crippen LogP contribution in [0.25, 0.3) is 0 Å². The van der Waals surface area contributed by atoms with E-state index in [9.17, 15) is 4.79 Å². The van der Waals surface area contributed by atoms with E-state index in [0.717, 1.165) is 16.8 Å². The summed E-state index contributed by atoms with van der Waals surface area (Å²) in [5.74, 6) is -0.0565. The lowest BCUT2D eigenvalue weighted by Gasteiger charge is -2.08. The number of nitrogens with zero attached hydrogens (tertiary/aromatic N) is 1. The molecule has 0 bridgehead atoms. The Morgan fingerprint density at radius 1 is 1.16 bits per heavy atom. The Morgan fingerprint density at radius 2 is 1.84 bits per heavy atom. The minimum Gasteiger partial charge on any atom is -0.326 e. The summed E-state index contributed by atoms with van der Waals surface area (Å²) in [6.07, 6.45) is 0.306. The molecule has 0 unspecified atom stereocenters. The summed E-state index contributed by atoms with van der Waals surface area (Å²) >= 11 is 0. The van der Waals surface area contributed by atoms with Crippen molar-refractivity contribution in [2.24, 2.45) is 0 Å².